The molecule has 0 bridgehead atoms. The van der Waals surface area contributed by atoms with Gasteiger partial charge in [-0.1, -0.05) is 6.92 Å². The highest BCUT2D eigenvalue weighted by Gasteiger charge is 2.35. The fourth-order valence-corrected chi connectivity index (χ4v) is 2.23. The van der Waals surface area contributed by atoms with Gasteiger partial charge in [0.2, 0.25) is 0 Å². The van der Waals surface area contributed by atoms with Gasteiger partial charge in [-0.05, 0) is 31.7 Å². The molecular formula is C12H17N3O2. The summed E-state index contributed by atoms with van der Waals surface area (Å²) in [6.45, 7) is 2.15. The average Bonchev–Trinajstić information content (AvgIpc) is 2.25. The van der Waals surface area contributed by atoms with Crippen LogP contribution in [0.2, 0.25) is 0 Å². The molecule has 1 aliphatic carbocycles. The Morgan fingerprint density at radius 1 is 1.53 bits per heavy atom. The molecule has 5 nitrogen and oxygen atoms in total. The molecule has 0 aromatic heterocycles. The molecule has 1 aromatic rings. The Morgan fingerprint density at radius 3 is 2.65 bits per heavy atom. The van der Waals surface area contributed by atoms with Crippen LogP contribution in [0.25, 0.3) is 0 Å². The SMILES string of the molecule is CCC1(Nc2ccc([N+](=O)[O-])cc2N)CCC1. The fraction of sp³-hybridized carbons (Fsp3) is 0.500. The molecule has 0 heterocycles. The van der Waals surface area contributed by atoms with E-state index in [4.69, 9.17) is 5.73 Å². The first-order valence-electron chi connectivity index (χ1n) is 5.88. The Kier molecular flexibility index (Phi) is 2.92. The summed E-state index contributed by atoms with van der Waals surface area (Å²) in [5, 5.41) is 14.0. The minimum Gasteiger partial charge on any atom is -0.397 e. The van der Waals surface area contributed by atoms with Gasteiger partial charge in [-0.15, -0.1) is 0 Å². The summed E-state index contributed by atoms with van der Waals surface area (Å²) in [7, 11) is 0. The van der Waals surface area contributed by atoms with Gasteiger partial charge < -0.3 is 11.1 Å². The molecular weight excluding hydrogens is 218 g/mol. The highest BCUT2D eigenvalue weighted by atomic mass is 16.6. The molecule has 3 N–H and O–H groups in total. The predicted octanol–water partition coefficient (Wildman–Crippen LogP) is 2.92. The van der Waals surface area contributed by atoms with Crippen molar-refractivity contribution in [2.24, 2.45) is 0 Å². The van der Waals surface area contributed by atoms with Gasteiger partial charge in [0, 0.05) is 17.7 Å². The Labute approximate surface area is 100 Å². The Morgan fingerprint density at radius 2 is 2.24 bits per heavy atom. The third kappa shape index (κ3) is 2.18. The van der Waals surface area contributed by atoms with Crippen LogP contribution in [0, 0.1) is 10.1 Å². The van der Waals surface area contributed by atoms with Crippen LogP contribution < -0.4 is 11.1 Å². The molecule has 1 aromatic carbocycles. The maximum atomic E-state index is 10.6. The van der Waals surface area contributed by atoms with Crippen LogP contribution >= 0.6 is 0 Å². The van der Waals surface area contributed by atoms with Gasteiger partial charge in [-0.3, -0.25) is 10.1 Å². The second kappa shape index (κ2) is 4.24. The van der Waals surface area contributed by atoms with Gasteiger partial charge in [0.05, 0.1) is 16.3 Å². The second-order valence-corrected chi connectivity index (χ2v) is 4.64. The number of rotatable bonds is 4. The second-order valence-electron chi connectivity index (χ2n) is 4.64. The van der Waals surface area contributed by atoms with Crippen LogP contribution in [0.3, 0.4) is 0 Å². The zero-order valence-electron chi connectivity index (χ0n) is 9.90. The number of nitrogens with two attached hydrogens (primary N) is 1. The molecule has 92 valence electrons. The van der Waals surface area contributed by atoms with E-state index < -0.39 is 4.92 Å². The first-order valence-corrected chi connectivity index (χ1v) is 5.88. The lowest BCUT2D eigenvalue weighted by atomic mass is 9.74. The summed E-state index contributed by atoms with van der Waals surface area (Å²) < 4.78 is 0. The third-order valence-corrected chi connectivity index (χ3v) is 3.63. The summed E-state index contributed by atoms with van der Waals surface area (Å²) >= 11 is 0. The van der Waals surface area contributed by atoms with E-state index in [-0.39, 0.29) is 11.2 Å². The topological polar surface area (TPSA) is 81.2 Å². The lowest BCUT2D eigenvalue weighted by Gasteiger charge is -2.43. The quantitative estimate of drug-likeness (QED) is 0.477. The summed E-state index contributed by atoms with van der Waals surface area (Å²) in [5.41, 5.74) is 7.26. The third-order valence-electron chi connectivity index (χ3n) is 3.63. The van der Waals surface area contributed by atoms with Crippen molar-refractivity contribution in [3.05, 3.63) is 28.3 Å². The molecule has 17 heavy (non-hydrogen) atoms. The van der Waals surface area contributed by atoms with E-state index in [0.29, 0.717) is 5.69 Å². The number of hydrogen-bond acceptors (Lipinski definition) is 4. The summed E-state index contributed by atoms with van der Waals surface area (Å²) in [5.74, 6) is 0. The number of nitro benzene ring substituents is 1. The number of nitrogens with zero attached hydrogens (tertiary/aromatic N) is 1. The summed E-state index contributed by atoms with van der Waals surface area (Å²) in [4.78, 5) is 10.2. The number of benzene rings is 1. The summed E-state index contributed by atoms with van der Waals surface area (Å²) in [6.07, 6.45) is 4.55. The molecule has 1 fully saturated rings. The minimum absolute atomic E-state index is 0.0345. The van der Waals surface area contributed by atoms with Crippen LogP contribution in [-0.2, 0) is 0 Å². The zero-order valence-corrected chi connectivity index (χ0v) is 9.90. The highest BCUT2D eigenvalue weighted by Crippen LogP contribution is 2.39. The smallest absolute Gasteiger partial charge is 0.271 e. The van der Waals surface area contributed by atoms with Crippen LogP contribution in [0.4, 0.5) is 17.1 Å². The van der Waals surface area contributed by atoms with Crippen molar-refractivity contribution in [3.8, 4) is 0 Å². The molecule has 0 unspecified atom stereocenters. The van der Waals surface area contributed by atoms with Crippen molar-refractivity contribution in [3.63, 3.8) is 0 Å². The van der Waals surface area contributed by atoms with Gasteiger partial charge in [0.15, 0.2) is 0 Å². The van der Waals surface area contributed by atoms with E-state index in [0.717, 1.165) is 24.9 Å². The van der Waals surface area contributed by atoms with E-state index >= 15 is 0 Å². The largest absolute Gasteiger partial charge is 0.397 e. The van der Waals surface area contributed by atoms with Gasteiger partial charge in [-0.25, -0.2) is 0 Å². The molecule has 5 heteroatoms. The van der Waals surface area contributed by atoms with Crippen molar-refractivity contribution in [2.45, 2.75) is 38.1 Å². The minimum atomic E-state index is -0.431. The van der Waals surface area contributed by atoms with Gasteiger partial charge in [-0.2, -0.15) is 0 Å². The molecule has 0 aliphatic heterocycles. The lowest BCUT2D eigenvalue weighted by molar-refractivity contribution is -0.384. The number of anilines is 2. The van der Waals surface area contributed by atoms with Crippen LogP contribution in [-0.4, -0.2) is 10.5 Å². The van der Waals surface area contributed by atoms with Crippen LogP contribution in [0.15, 0.2) is 18.2 Å². The molecule has 0 spiro atoms. The van der Waals surface area contributed by atoms with Crippen molar-refractivity contribution < 1.29 is 4.92 Å². The standard InChI is InChI=1S/C12H17N3O2/c1-2-12(6-3-7-12)14-11-5-4-9(15(16)17)8-10(11)13/h4-5,8,14H,2-3,6-7,13H2,1H3. The molecule has 0 amide bonds. The molecule has 0 atom stereocenters. The molecule has 1 saturated carbocycles. The van der Waals surface area contributed by atoms with E-state index in [1.807, 2.05) is 0 Å². The number of nitro groups is 1. The maximum Gasteiger partial charge on any atom is 0.271 e. The van der Waals surface area contributed by atoms with E-state index in [1.54, 1.807) is 6.07 Å². The normalized spacial score (nSPS) is 17.2. The summed E-state index contributed by atoms with van der Waals surface area (Å²) in [6, 6.07) is 4.59. The number of non-ortho nitro benzene ring substituents is 1. The Balaban J connectivity index is 2.19. The molecule has 0 saturated heterocycles. The molecule has 1 aliphatic rings. The van der Waals surface area contributed by atoms with Gasteiger partial charge in [0.1, 0.15) is 0 Å². The van der Waals surface area contributed by atoms with Crippen molar-refractivity contribution in [1.82, 2.24) is 0 Å². The van der Waals surface area contributed by atoms with Crippen molar-refractivity contribution in [1.29, 1.82) is 0 Å². The van der Waals surface area contributed by atoms with Gasteiger partial charge in [0.25, 0.3) is 5.69 Å². The Bertz CT molecular complexity index is 436. The van der Waals surface area contributed by atoms with Crippen molar-refractivity contribution in [2.75, 3.05) is 11.1 Å². The first-order chi connectivity index (χ1) is 8.06. The van der Waals surface area contributed by atoms with E-state index in [9.17, 15) is 10.1 Å². The van der Waals surface area contributed by atoms with E-state index in [1.165, 1.54) is 18.6 Å². The lowest BCUT2D eigenvalue weighted by Crippen LogP contribution is -2.44. The molecule has 2 rings (SSSR count). The zero-order chi connectivity index (χ0) is 12.5. The number of nitrogens with one attached hydrogen (secondary N) is 1. The van der Waals surface area contributed by atoms with Gasteiger partial charge >= 0.3 is 0 Å². The number of nitrogen functional groups attached to an aromatic ring is 1. The first kappa shape index (κ1) is 11.7. The molecule has 0 radical (unpaired) electrons. The average molecular weight is 235 g/mol. The van der Waals surface area contributed by atoms with Crippen LogP contribution in [0.1, 0.15) is 32.6 Å². The fourth-order valence-electron chi connectivity index (χ4n) is 2.23. The maximum absolute atomic E-state index is 10.6. The van der Waals surface area contributed by atoms with Crippen molar-refractivity contribution >= 4 is 17.1 Å². The monoisotopic (exact) mass is 235 g/mol. The van der Waals surface area contributed by atoms with Crippen LogP contribution in [0.5, 0.6) is 0 Å². The Hall–Kier alpha value is -1.78. The predicted molar refractivity (Wildman–Crippen MR) is 68.0 cm³/mol. The highest BCUT2D eigenvalue weighted by molar-refractivity contribution is 5.70. The number of hydrogen-bond donors (Lipinski definition) is 2. The van der Waals surface area contributed by atoms with E-state index in [2.05, 4.69) is 12.2 Å².